The molecule has 1 aromatic carbocycles. The molecule has 0 bridgehead atoms. The van der Waals surface area contributed by atoms with Crippen LogP contribution in [0.25, 0.3) is 10.9 Å². The molecule has 0 spiro atoms. The molecular formula is C21H31N5O. The van der Waals surface area contributed by atoms with Gasteiger partial charge < -0.3 is 16.4 Å². The molecule has 1 aliphatic rings. The summed E-state index contributed by atoms with van der Waals surface area (Å²) in [4.78, 5) is 23.3. The second kappa shape index (κ2) is 9.76. The summed E-state index contributed by atoms with van der Waals surface area (Å²) in [6, 6.07) is 8.08. The highest BCUT2D eigenvalue weighted by Crippen LogP contribution is 2.32. The first kappa shape index (κ1) is 19.7. The lowest BCUT2D eigenvalue weighted by molar-refractivity contribution is -0.135. The molecule has 27 heavy (non-hydrogen) atoms. The van der Waals surface area contributed by atoms with Crippen molar-refractivity contribution in [3.05, 3.63) is 36.3 Å². The number of rotatable bonds is 8. The van der Waals surface area contributed by atoms with E-state index in [0.717, 1.165) is 68.1 Å². The summed E-state index contributed by atoms with van der Waals surface area (Å²) in [6.07, 6.45) is 9.05. The zero-order chi connectivity index (χ0) is 19.1. The first-order valence-electron chi connectivity index (χ1n) is 10.2. The standard InChI is InChI=1S/C21H31N5O/c22-12-7-3-1-2-4-10-20(27)26-13-11-16(14-19(26)23)21-17-8-5-6-9-18(17)24-15-25-21/h5-6,8-9,15-16,19H,1-4,7,10-14,22-23H2. The number of hydrogen-bond donors (Lipinski definition) is 2. The highest BCUT2D eigenvalue weighted by molar-refractivity contribution is 5.81. The average Bonchev–Trinajstić information content (AvgIpc) is 2.70. The van der Waals surface area contributed by atoms with Gasteiger partial charge in [-0.05, 0) is 38.3 Å². The van der Waals surface area contributed by atoms with E-state index >= 15 is 0 Å². The maximum absolute atomic E-state index is 12.6. The van der Waals surface area contributed by atoms with Gasteiger partial charge in [-0.3, -0.25) is 4.79 Å². The molecule has 3 rings (SSSR count). The van der Waals surface area contributed by atoms with Crippen LogP contribution in [0.4, 0.5) is 0 Å². The molecular weight excluding hydrogens is 338 g/mol. The number of hydrogen-bond acceptors (Lipinski definition) is 5. The summed E-state index contributed by atoms with van der Waals surface area (Å²) >= 11 is 0. The minimum absolute atomic E-state index is 0.187. The molecule has 6 heteroatoms. The van der Waals surface area contributed by atoms with Crippen LogP contribution in [0, 0.1) is 0 Å². The molecule has 1 aliphatic heterocycles. The normalized spacial score (nSPS) is 20.1. The number of aromatic nitrogens is 2. The Bertz CT molecular complexity index is 745. The maximum Gasteiger partial charge on any atom is 0.223 e. The lowest BCUT2D eigenvalue weighted by Crippen LogP contribution is -2.50. The molecule has 1 amide bonds. The van der Waals surface area contributed by atoms with Gasteiger partial charge in [0.15, 0.2) is 0 Å². The Labute approximate surface area is 161 Å². The molecule has 2 aromatic rings. The van der Waals surface area contributed by atoms with Crippen molar-refractivity contribution in [3.63, 3.8) is 0 Å². The quantitative estimate of drug-likeness (QED) is 0.697. The van der Waals surface area contributed by atoms with Gasteiger partial charge in [0.25, 0.3) is 0 Å². The van der Waals surface area contributed by atoms with E-state index < -0.39 is 0 Å². The fourth-order valence-corrected chi connectivity index (χ4v) is 4.00. The number of carbonyl (C=O) groups excluding carboxylic acids is 1. The predicted molar refractivity (Wildman–Crippen MR) is 108 cm³/mol. The fourth-order valence-electron chi connectivity index (χ4n) is 4.00. The molecule has 0 saturated carbocycles. The van der Waals surface area contributed by atoms with Crippen molar-refractivity contribution in [1.29, 1.82) is 0 Å². The van der Waals surface area contributed by atoms with Crippen LogP contribution in [0.1, 0.15) is 63.0 Å². The van der Waals surface area contributed by atoms with Crippen LogP contribution in [-0.2, 0) is 4.79 Å². The Hall–Kier alpha value is -2.05. The summed E-state index contributed by atoms with van der Waals surface area (Å²) in [5.74, 6) is 0.459. The maximum atomic E-state index is 12.6. The van der Waals surface area contributed by atoms with E-state index in [9.17, 15) is 4.79 Å². The number of nitrogens with two attached hydrogens (primary N) is 2. The molecule has 2 unspecified atom stereocenters. The van der Waals surface area contributed by atoms with Crippen molar-refractivity contribution in [2.45, 2.75) is 63.5 Å². The summed E-state index contributed by atoms with van der Waals surface area (Å²) in [5, 5.41) is 1.09. The number of nitrogens with zero attached hydrogens (tertiary/aromatic N) is 3. The first-order valence-corrected chi connectivity index (χ1v) is 10.2. The van der Waals surface area contributed by atoms with E-state index in [0.29, 0.717) is 13.0 Å². The Morgan fingerprint density at radius 2 is 1.89 bits per heavy atom. The fraction of sp³-hybridized carbons (Fsp3) is 0.571. The Balaban J connectivity index is 1.53. The number of piperidine rings is 1. The van der Waals surface area contributed by atoms with Gasteiger partial charge in [0.05, 0.1) is 17.4 Å². The van der Waals surface area contributed by atoms with Crippen molar-refractivity contribution in [3.8, 4) is 0 Å². The number of fused-ring (bicyclic) bond motifs is 1. The minimum atomic E-state index is -0.234. The van der Waals surface area contributed by atoms with Crippen LogP contribution in [0.5, 0.6) is 0 Å². The third-order valence-electron chi connectivity index (χ3n) is 5.52. The number of unbranched alkanes of at least 4 members (excludes halogenated alkanes) is 4. The zero-order valence-corrected chi connectivity index (χ0v) is 16.0. The van der Waals surface area contributed by atoms with Crippen molar-refractivity contribution in [2.24, 2.45) is 11.5 Å². The predicted octanol–water partition coefficient (Wildman–Crippen LogP) is 2.92. The molecule has 146 valence electrons. The van der Waals surface area contributed by atoms with Gasteiger partial charge in [0, 0.05) is 24.3 Å². The second-order valence-electron chi connectivity index (χ2n) is 7.46. The van der Waals surface area contributed by atoms with Gasteiger partial charge in [-0.25, -0.2) is 9.97 Å². The molecule has 4 N–H and O–H groups in total. The number of amides is 1. The molecule has 1 fully saturated rings. The lowest BCUT2D eigenvalue weighted by Gasteiger charge is -2.37. The summed E-state index contributed by atoms with van der Waals surface area (Å²) in [5.41, 5.74) is 13.9. The van der Waals surface area contributed by atoms with Crippen molar-refractivity contribution in [1.82, 2.24) is 14.9 Å². The molecule has 1 aromatic heterocycles. The van der Waals surface area contributed by atoms with E-state index in [1.807, 2.05) is 23.1 Å². The van der Waals surface area contributed by atoms with Crippen LogP contribution < -0.4 is 11.5 Å². The van der Waals surface area contributed by atoms with Crippen LogP contribution in [0.2, 0.25) is 0 Å². The van der Waals surface area contributed by atoms with Gasteiger partial charge in [0.1, 0.15) is 6.33 Å². The molecule has 0 aliphatic carbocycles. The van der Waals surface area contributed by atoms with E-state index in [1.54, 1.807) is 6.33 Å². The number of carbonyl (C=O) groups is 1. The van der Waals surface area contributed by atoms with Crippen LogP contribution >= 0.6 is 0 Å². The number of benzene rings is 1. The third-order valence-corrected chi connectivity index (χ3v) is 5.52. The topological polar surface area (TPSA) is 98.1 Å². The molecule has 2 atom stereocenters. The van der Waals surface area contributed by atoms with Crippen molar-refractivity contribution in [2.75, 3.05) is 13.1 Å². The van der Waals surface area contributed by atoms with Crippen LogP contribution in [0.15, 0.2) is 30.6 Å². The van der Waals surface area contributed by atoms with Gasteiger partial charge in [-0.2, -0.15) is 0 Å². The van der Waals surface area contributed by atoms with Crippen molar-refractivity contribution < 1.29 is 4.79 Å². The highest BCUT2D eigenvalue weighted by atomic mass is 16.2. The zero-order valence-electron chi connectivity index (χ0n) is 16.0. The Morgan fingerprint density at radius 1 is 1.11 bits per heavy atom. The highest BCUT2D eigenvalue weighted by Gasteiger charge is 2.31. The van der Waals surface area contributed by atoms with E-state index in [4.69, 9.17) is 11.5 Å². The molecule has 2 heterocycles. The minimum Gasteiger partial charge on any atom is -0.330 e. The SMILES string of the molecule is NCCCCCCCC(=O)N1CCC(c2ncnc3ccccc23)CC1N. The monoisotopic (exact) mass is 369 g/mol. The lowest BCUT2D eigenvalue weighted by atomic mass is 9.89. The van der Waals surface area contributed by atoms with Crippen molar-refractivity contribution >= 4 is 16.8 Å². The summed E-state index contributed by atoms with van der Waals surface area (Å²) < 4.78 is 0. The Morgan fingerprint density at radius 3 is 2.70 bits per heavy atom. The molecule has 1 saturated heterocycles. The second-order valence-corrected chi connectivity index (χ2v) is 7.46. The smallest absolute Gasteiger partial charge is 0.223 e. The van der Waals surface area contributed by atoms with E-state index in [1.165, 1.54) is 0 Å². The average molecular weight is 370 g/mol. The van der Waals surface area contributed by atoms with Gasteiger partial charge in [-0.1, -0.05) is 37.5 Å². The van der Waals surface area contributed by atoms with Crippen LogP contribution in [0.3, 0.4) is 0 Å². The van der Waals surface area contributed by atoms with E-state index in [-0.39, 0.29) is 18.0 Å². The third kappa shape index (κ3) is 5.02. The van der Waals surface area contributed by atoms with Gasteiger partial charge in [0.2, 0.25) is 5.91 Å². The Kier molecular flexibility index (Phi) is 7.12. The molecule has 6 nitrogen and oxygen atoms in total. The van der Waals surface area contributed by atoms with E-state index in [2.05, 4.69) is 16.0 Å². The summed E-state index contributed by atoms with van der Waals surface area (Å²) in [7, 11) is 0. The number of likely N-dealkylation sites (tertiary alicyclic amines) is 1. The summed E-state index contributed by atoms with van der Waals surface area (Å²) in [6.45, 7) is 1.46. The van der Waals surface area contributed by atoms with Gasteiger partial charge in [-0.15, -0.1) is 0 Å². The van der Waals surface area contributed by atoms with Crippen LogP contribution in [-0.4, -0.2) is 40.0 Å². The molecule has 0 radical (unpaired) electrons. The van der Waals surface area contributed by atoms with Gasteiger partial charge >= 0.3 is 0 Å². The largest absolute Gasteiger partial charge is 0.330 e. The first-order chi connectivity index (χ1) is 13.2. The number of para-hydroxylation sites is 1.